The Bertz CT molecular complexity index is 1050. The van der Waals surface area contributed by atoms with E-state index in [0.717, 1.165) is 6.42 Å². The van der Waals surface area contributed by atoms with Crippen molar-refractivity contribution in [3.63, 3.8) is 0 Å². The largest absolute Gasteiger partial charge is 0.322 e. The van der Waals surface area contributed by atoms with Crippen molar-refractivity contribution in [3.8, 4) is 5.69 Å². The molecule has 28 heavy (non-hydrogen) atoms. The first kappa shape index (κ1) is 18.2. The lowest BCUT2D eigenvalue weighted by Gasteiger charge is -2.20. The van der Waals surface area contributed by atoms with Crippen LogP contribution in [0.2, 0.25) is 5.02 Å². The smallest absolute Gasteiger partial charge is 0.257 e. The van der Waals surface area contributed by atoms with Crippen LogP contribution in [0.3, 0.4) is 0 Å². The van der Waals surface area contributed by atoms with Gasteiger partial charge in [-0.15, -0.1) is 0 Å². The number of nitrogens with zero attached hydrogens (tertiary/aromatic N) is 3. The summed E-state index contributed by atoms with van der Waals surface area (Å²) in [6, 6.07) is 9.15. The Balaban J connectivity index is 1.61. The van der Waals surface area contributed by atoms with Crippen LogP contribution in [-0.2, 0) is 4.79 Å². The van der Waals surface area contributed by atoms with Crippen LogP contribution in [0, 0.1) is 5.82 Å². The average molecular weight is 399 g/mol. The molecule has 0 spiro atoms. The van der Waals surface area contributed by atoms with Crippen molar-refractivity contribution in [1.82, 2.24) is 9.55 Å². The van der Waals surface area contributed by atoms with Gasteiger partial charge in [-0.2, -0.15) is 0 Å². The van der Waals surface area contributed by atoms with Gasteiger partial charge in [-0.1, -0.05) is 11.6 Å². The van der Waals surface area contributed by atoms with E-state index in [9.17, 15) is 14.0 Å². The summed E-state index contributed by atoms with van der Waals surface area (Å²) < 4.78 is 16.0. The van der Waals surface area contributed by atoms with E-state index >= 15 is 0 Å². The summed E-state index contributed by atoms with van der Waals surface area (Å²) in [5, 5.41) is 3.12. The maximum absolute atomic E-state index is 14.4. The first-order valence-corrected chi connectivity index (χ1v) is 9.10. The molecule has 4 rings (SSSR count). The lowest BCUT2D eigenvalue weighted by Crippen LogP contribution is -2.27. The zero-order valence-electron chi connectivity index (χ0n) is 14.7. The van der Waals surface area contributed by atoms with E-state index in [-0.39, 0.29) is 5.91 Å². The number of hydrogen-bond acceptors (Lipinski definition) is 3. The Morgan fingerprint density at radius 1 is 1.18 bits per heavy atom. The Labute approximate surface area is 165 Å². The van der Waals surface area contributed by atoms with Gasteiger partial charge in [0.05, 0.1) is 23.3 Å². The number of carbonyl (C=O) groups is 2. The third-order valence-electron chi connectivity index (χ3n) is 4.56. The Morgan fingerprint density at radius 3 is 2.71 bits per heavy atom. The van der Waals surface area contributed by atoms with Crippen LogP contribution in [0.25, 0.3) is 5.69 Å². The second-order valence-electron chi connectivity index (χ2n) is 6.40. The van der Waals surface area contributed by atoms with Crippen LogP contribution < -0.4 is 10.2 Å². The van der Waals surface area contributed by atoms with E-state index < -0.39 is 11.7 Å². The molecule has 2 heterocycles. The summed E-state index contributed by atoms with van der Waals surface area (Å²) in [6.07, 6.45) is 5.84. The number of nitrogens with one attached hydrogen (secondary N) is 1. The van der Waals surface area contributed by atoms with Crippen LogP contribution >= 0.6 is 11.6 Å². The topological polar surface area (TPSA) is 67.2 Å². The molecule has 1 N–H and O–H groups in total. The molecule has 0 saturated carbocycles. The second kappa shape index (κ2) is 7.44. The highest BCUT2D eigenvalue weighted by atomic mass is 35.5. The maximum Gasteiger partial charge on any atom is 0.257 e. The minimum atomic E-state index is -0.498. The van der Waals surface area contributed by atoms with Gasteiger partial charge in [0.25, 0.3) is 5.91 Å². The van der Waals surface area contributed by atoms with E-state index in [2.05, 4.69) is 10.3 Å². The first-order valence-electron chi connectivity index (χ1n) is 8.72. The number of benzene rings is 2. The molecule has 2 amide bonds. The molecule has 0 bridgehead atoms. The van der Waals surface area contributed by atoms with Crippen LogP contribution in [-0.4, -0.2) is 27.9 Å². The fourth-order valence-corrected chi connectivity index (χ4v) is 3.38. The fraction of sp³-hybridized carbons (Fsp3) is 0.150. The van der Waals surface area contributed by atoms with Gasteiger partial charge in [0.1, 0.15) is 5.82 Å². The summed E-state index contributed by atoms with van der Waals surface area (Å²) in [5.41, 5.74) is 1.40. The standard InChI is InChI=1S/C20H16ClFN4O2/c21-13-3-5-15(18(10-13)26-8-1-2-19(26)27)20(28)24-14-4-6-17(16(22)11-14)25-9-7-23-12-25/h3-7,9-12H,1-2,8H2,(H,24,28). The van der Waals surface area contributed by atoms with Gasteiger partial charge in [-0.05, 0) is 42.8 Å². The second-order valence-corrected chi connectivity index (χ2v) is 6.84. The molecule has 1 aromatic heterocycles. The maximum atomic E-state index is 14.4. The number of aromatic nitrogens is 2. The lowest BCUT2D eigenvalue weighted by atomic mass is 10.1. The van der Waals surface area contributed by atoms with Crippen LogP contribution in [0.5, 0.6) is 0 Å². The number of amides is 2. The summed E-state index contributed by atoms with van der Waals surface area (Å²) in [5.74, 6) is -0.991. The molecule has 6 nitrogen and oxygen atoms in total. The van der Waals surface area contributed by atoms with E-state index in [4.69, 9.17) is 11.6 Å². The third kappa shape index (κ3) is 3.48. The van der Waals surface area contributed by atoms with Gasteiger partial charge in [-0.25, -0.2) is 9.37 Å². The highest BCUT2D eigenvalue weighted by Crippen LogP contribution is 2.29. The van der Waals surface area contributed by atoms with Crippen molar-refractivity contribution >= 4 is 34.8 Å². The molecule has 0 radical (unpaired) electrons. The van der Waals surface area contributed by atoms with Crippen molar-refractivity contribution < 1.29 is 14.0 Å². The lowest BCUT2D eigenvalue weighted by molar-refractivity contribution is -0.117. The van der Waals surface area contributed by atoms with Gasteiger partial charge in [0, 0.05) is 36.1 Å². The minimum absolute atomic E-state index is 0.0490. The molecule has 2 aromatic carbocycles. The molecule has 142 valence electrons. The van der Waals surface area contributed by atoms with E-state index in [1.165, 1.54) is 17.0 Å². The van der Waals surface area contributed by atoms with Crippen LogP contribution in [0.15, 0.2) is 55.1 Å². The average Bonchev–Trinajstić information content (AvgIpc) is 3.33. The monoisotopic (exact) mass is 398 g/mol. The van der Waals surface area contributed by atoms with Crippen LogP contribution in [0.4, 0.5) is 15.8 Å². The number of halogens is 2. The molecule has 0 atom stereocenters. The summed E-state index contributed by atoms with van der Waals surface area (Å²) in [6.45, 7) is 0.535. The highest BCUT2D eigenvalue weighted by Gasteiger charge is 2.26. The summed E-state index contributed by atoms with van der Waals surface area (Å²) in [4.78, 5) is 30.4. The third-order valence-corrected chi connectivity index (χ3v) is 4.79. The molecule has 0 unspecified atom stereocenters. The van der Waals surface area contributed by atoms with Crippen molar-refractivity contribution in [1.29, 1.82) is 0 Å². The highest BCUT2D eigenvalue weighted by molar-refractivity contribution is 6.31. The quantitative estimate of drug-likeness (QED) is 0.721. The van der Waals surface area contributed by atoms with Gasteiger partial charge >= 0.3 is 0 Å². The number of imidazole rings is 1. The number of hydrogen-bond donors (Lipinski definition) is 1. The van der Waals surface area contributed by atoms with E-state index in [1.54, 1.807) is 47.6 Å². The van der Waals surface area contributed by atoms with Gasteiger partial charge in [-0.3, -0.25) is 9.59 Å². The predicted octanol–water partition coefficient (Wildman–Crippen LogP) is 4.04. The minimum Gasteiger partial charge on any atom is -0.322 e. The van der Waals surface area contributed by atoms with Gasteiger partial charge in [0.15, 0.2) is 0 Å². The first-order chi connectivity index (χ1) is 13.5. The zero-order chi connectivity index (χ0) is 19.7. The molecule has 0 aliphatic carbocycles. The van der Waals surface area contributed by atoms with E-state index in [0.29, 0.717) is 40.6 Å². The van der Waals surface area contributed by atoms with Crippen molar-refractivity contribution in [3.05, 3.63) is 71.5 Å². The van der Waals surface area contributed by atoms with Gasteiger partial charge < -0.3 is 14.8 Å². The molecule has 3 aromatic rings. The SMILES string of the molecule is O=C(Nc1ccc(-n2ccnc2)c(F)c1)c1ccc(Cl)cc1N1CCCC1=O. The zero-order valence-corrected chi connectivity index (χ0v) is 15.5. The van der Waals surface area contributed by atoms with Crippen molar-refractivity contribution in [2.75, 3.05) is 16.8 Å². The fourth-order valence-electron chi connectivity index (χ4n) is 3.22. The molecule has 1 fully saturated rings. The Kier molecular flexibility index (Phi) is 4.83. The predicted molar refractivity (Wildman–Crippen MR) is 105 cm³/mol. The Hall–Kier alpha value is -3.19. The summed E-state index contributed by atoms with van der Waals surface area (Å²) in [7, 11) is 0. The molecule has 1 saturated heterocycles. The number of anilines is 2. The van der Waals surface area contributed by atoms with Crippen molar-refractivity contribution in [2.45, 2.75) is 12.8 Å². The number of rotatable bonds is 4. The van der Waals surface area contributed by atoms with Crippen molar-refractivity contribution in [2.24, 2.45) is 0 Å². The molecular formula is C20H16ClFN4O2. The van der Waals surface area contributed by atoms with Crippen LogP contribution in [0.1, 0.15) is 23.2 Å². The normalized spacial score (nSPS) is 13.8. The molecule has 8 heteroatoms. The molecule has 1 aliphatic rings. The van der Waals surface area contributed by atoms with E-state index in [1.807, 2.05) is 0 Å². The number of carbonyl (C=O) groups excluding carboxylic acids is 2. The van der Waals surface area contributed by atoms with Gasteiger partial charge in [0.2, 0.25) is 5.91 Å². The molecular weight excluding hydrogens is 383 g/mol. The molecule has 1 aliphatic heterocycles. The Morgan fingerprint density at radius 2 is 2.04 bits per heavy atom. The summed E-state index contributed by atoms with van der Waals surface area (Å²) >= 11 is 6.07.